The Hall–Kier alpha value is -3.01. The van der Waals surface area contributed by atoms with Crippen LogP contribution in [0.2, 0.25) is 0 Å². The van der Waals surface area contributed by atoms with Gasteiger partial charge in [-0.3, -0.25) is 4.72 Å². The Labute approximate surface area is 147 Å². The molecule has 0 aromatic heterocycles. The summed E-state index contributed by atoms with van der Waals surface area (Å²) < 4.78 is 62.5. The lowest BCUT2D eigenvalue weighted by Gasteiger charge is -2.11. The normalized spacial score (nSPS) is 10.9. The fourth-order valence-corrected chi connectivity index (χ4v) is 3.16. The zero-order chi connectivity index (χ0) is 19.5. The van der Waals surface area contributed by atoms with Crippen LogP contribution in [0.4, 0.5) is 14.5 Å². The molecule has 26 heavy (non-hydrogen) atoms. The molecule has 10 heteroatoms. The van der Waals surface area contributed by atoms with Crippen molar-refractivity contribution < 1.29 is 36.3 Å². The van der Waals surface area contributed by atoms with Crippen molar-refractivity contribution in [3.8, 4) is 0 Å². The highest BCUT2D eigenvalue weighted by Crippen LogP contribution is 2.22. The van der Waals surface area contributed by atoms with E-state index in [1.165, 1.54) is 0 Å². The Morgan fingerprint density at radius 2 is 1.46 bits per heavy atom. The molecule has 2 rings (SSSR count). The molecule has 0 saturated carbocycles. The van der Waals surface area contributed by atoms with Crippen LogP contribution in [0.25, 0.3) is 0 Å². The minimum absolute atomic E-state index is 0.132. The fraction of sp³-hybridized carbons (Fsp3) is 0.125. The lowest BCUT2D eigenvalue weighted by atomic mass is 10.1. The maximum Gasteiger partial charge on any atom is 0.337 e. The van der Waals surface area contributed by atoms with Gasteiger partial charge in [0.1, 0.15) is 16.5 Å². The van der Waals surface area contributed by atoms with Crippen molar-refractivity contribution in [2.45, 2.75) is 4.90 Å². The lowest BCUT2D eigenvalue weighted by molar-refractivity contribution is 0.0599. The van der Waals surface area contributed by atoms with Gasteiger partial charge in [-0.2, -0.15) is 0 Å². The van der Waals surface area contributed by atoms with Gasteiger partial charge in [-0.1, -0.05) is 0 Å². The van der Waals surface area contributed by atoms with Gasteiger partial charge in [-0.25, -0.2) is 26.8 Å². The first-order chi connectivity index (χ1) is 12.2. The number of rotatable bonds is 5. The molecule has 0 aliphatic heterocycles. The Morgan fingerprint density at radius 1 is 0.923 bits per heavy atom. The second-order valence-electron chi connectivity index (χ2n) is 4.96. The van der Waals surface area contributed by atoms with Gasteiger partial charge in [-0.05, 0) is 30.3 Å². The molecule has 0 fully saturated rings. The molecule has 0 bridgehead atoms. The standard InChI is InChI=1S/C16H13F2NO6S/c1-24-15(20)9-5-10(16(21)25-2)7-12(6-9)19-26(22,23)14-4-3-11(17)8-13(14)18/h3-8,19H,1-2H3. The first-order valence-electron chi connectivity index (χ1n) is 6.97. The minimum atomic E-state index is -4.46. The third-order valence-electron chi connectivity index (χ3n) is 3.21. The molecule has 0 saturated heterocycles. The van der Waals surface area contributed by atoms with Crippen molar-refractivity contribution in [2.24, 2.45) is 0 Å². The third kappa shape index (κ3) is 4.14. The summed E-state index contributed by atoms with van der Waals surface area (Å²) in [5, 5.41) is 0. The summed E-state index contributed by atoms with van der Waals surface area (Å²) in [7, 11) is -2.25. The van der Waals surface area contributed by atoms with Gasteiger partial charge in [0.15, 0.2) is 0 Å². The monoisotopic (exact) mass is 385 g/mol. The highest BCUT2D eigenvalue weighted by atomic mass is 32.2. The first-order valence-corrected chi connectivity index (χ1v) is 8.46. The first kappa shape index (κ1) is 19.3. The average molecular weight is 385 g/mol. The van der Waals surface area contributed by atoms with Crippen LogP contribution in [0.5, 0.6) is 0 Å². The third-order valence-corrected chi connectivity index (χ3v) is 4.63. The van der Waals surface area contributed by atoms with E-state index in [0.29, 0.717) is 6.07 Å². The molecule has 0 aliphatic rings. The summed E-state index contributed by atoms with van der Waals surface area (Å²) in [6.07, 6.45) is 0. The average Bonchev–Trinajstić information content (AvgIpc) is 2.59. The highest BCUT2D eigenvalue weighted by molar-refractivity contribution is 7.92. The smallest absolute Gasteiger partial charge is 0.337 e. The maximum absolute atomic E-state index is 13.8. The van der Waals surface area contributed by atoms with E-state index in [4.69, 9.17) is 0 Å². The highest BCUT2D eigenvalue weighted by Gasteiger charge is 2.22. The number of methoxy groups -OCH3 is 2. The van der Waals surface area contributed by atoms with Crippen LogP contribution in [-0.4, -0.2) is 34.6 Å². The van der Waals surface area contributed by atoms with Gasteiger partial charge in [0.05, 0.1) is 31.0 Å². The minimum Gasteiger partial charge on any atom is -0.465 e. The van der Waals surface area contributed by atoms with Crippen molar-refractivity contribution in [1.82, 2.24) is 0 Å². The van der Waals surface area contributed by atoms with Crippen LogP contribution in [0.1, 0.15) is 20.7 Å². The molecular weight excluding hydrogens is 372 g/mol. The Morgan fingerprint density at radius 3 is 1.92 bits per heavy atom. The van der Waals surface area contributed by atoms with Gasteiger partial charge >= 0.3 is 11.9 Å². The van der Waals surface area contributed by atoms with Crippen molar-refractivity contribution in [2.75, 3.05) is 18.9 Å². The quantitative estimate of drug-likeness (QED) is 0.794. The number of carbonyl (C=O) groups excluding carboxylic acids is 2. The predicted molar refractivity (Wildman–Crippen MR) is 86.3 cm³/mol. The summed E-state index contributed by atoms with van der Waals surface area (Å²) in [5.41, 5.74) is -0.475. The van der Waals surface area contributed by atoms with Crippen molar-refractivity contribution in [3.63, 3.8) is 0 Å². The van der Waals surface area contributed by atoms with E-state index in [1.54, 1.807) is 0 Å². The molecule has 0 spiro atoms. The number of halogens is 2. The van der Waals surface area contributed by atoms with Gasteiger partial charge in [0, 0.05) is 6.07 Å². The van der Waals surface area contributed by atoms with E-state index in [1.807, 2.05) is 4.72 Å². The number of anilines is 1. The Kier molecular flexibility index (Phi) is 5.56. The van der Waals surface area contributed by atoms with E-state index in [2.05, 4.69) is 9.47 Å². The topological polar surface area (TPSA) is 98.8 Å². The van der Waals surface area contributed by atoms with Crippen LogP contribution in [0.15, 0.2) is 41.3 Å². The molecule has 0 aliphatic carbocycles. The largest absolute Gasteiger partial charge is 0.465 e. The van der Waals surface area contributed by atoms with Crippen molar-refractivity contribution in [1.29, 1.82) is 0 Å². The Bertz CT molecular complexity index is 940. The van der Waals surface area contributed by atoms with E-state index in [9.17, 15) is 26.8 Å². The SMILES string of the molecule is COC(=O)c1cc(NS(=O)(=O)c2ccc(F)cc2F)cc(C(=O)OC)c1. The second kappa shape index (κ2) is 7.48. The van der Waals surface area contributed by atoms with E-state index < -0.39 is 38.5 Å². The number of carbonyl (C=O) groups is 2. The van der Waals surface area contributed by atoms with Gasteiger partial charge < -0.3 is 9.47 Å². The molecule has 0 radical (unpaired) electrons. The van der Waals surface area contributed by atoms with Crippen LogP contribution in [-0.2, 0) is 19.5 Å². The zero-order valence-electron chi connectivity index (χ0n) is 13.6. The molecule has 2 aromatic rings. The number of ether oxygens (including phenoxy) is 2. The van der Waals surface area contributed by atoms with Crippen molar-refractivity contribution >= 4 is 27.6 Å². The lowest BCUT2D eigenvalue weighted by Crippen LogP contribution is -2.16. The van der Waals surface area contributed by atoms with E-state index >= 15 is 0 Å². The number of esters is 2. The van der Waals surface area contributed by atoms with E-state index in [-0.39, 0.29) is 16.8 Å². The molecule has 0 heterocycles. The Balaban J connectivity index is 2.50. The van der Waals surface area contributed by atoms with Gasteiger partial charge in [-0.15, -0.1) is 0 Å². The summed E-state index contributed by atoms with van der Waals surface area (Å²) in [5.74, 6) is -3.90. The number of sulfonamides is 1. The number of hydrogen-bond donors (Lipinski definition) is 1. The number of hydrogen-bond acceptors (Lipinski definition) is 6. The fourth-order valence-electron chi connectivity index (χ4n) is 2.06. The molecule has 0 unspecified atom stereocenters. The maximum atomic E-state index is 13.8. The molecule has 7 nitrogen and oxygen atoms in total. The van der Waals surface area contributed by atoms with E-state index in [0.717, 1.165) is 44.6 Å². The summed E-state index contributed by atoms with van der Waals surface area (Å²) >= 11 is 0. The zero-order valence-corrected chi connectivity index (χ0v) is 14.4. The summed E-state index contributed by atoms with van der Waals surface area (Å²) in [6.45, 7) is 0. The number of nitrogens with one attached hydrogen (secondary N) is 1. The van der Waals surface area contributed by atoms with Crippen LogP contribution in [0, 0.1) is 11.6 Å². The molecule has 2 aromatic carbocycles. The molecule has 0 atom stereocenters. The van der Waals surface area contributed by atoms with Crippen LogP contribution >= 0.6 is 0 Å². The van der Waals surface area contributed by atoms with Crippen LogP contribution in [0.3, 0.4) is 0 Å². The molecular formula is C16H13F2NO6S. The summed E-state index contributed by atoms with van der Waals surface area (Å²) in [4.78, 5) is 22.6. The van der Waals surface area contributed by atoms with Gasteiger partial charge in [0.2, 0.25) is 0 Å². The second-order valence-corrected chi connectivity index (χ2v) is 6.61. The molecule has 1 N–H and O–H groups in total. The van der Waals surface area contributed by atoms with Gasteiger partial charge in [0.25, 0.3) is 10.0 Å². The molecule has 138 valence electrons. The number of benzene rings is 2. The van der Waals surface area contributed by atoms with Crippen molar-refractivity contribution in [3.05, 3.63) is 59.2 Å². The summed E-state index contributed by atoms with van der Waals surface area (Å²) in [6, 6.07) is 5.28. The van der Waals surface area contributed by atoms with Crippen LogP contribution < -0.4 is 4.72 Å². The molecule has 0 amide bonds. The predicted octanol–water partition coefficient (Wildman–Crippen LogP) is 2.34.